The fraction of sp³-hybridized carbons (Fsp3) is 0.350. The molecule has 2 unspecified atom stereocenters. The van der Waals surface area contributed by atoms with E-state index in [1.807, 2.05) is 47.8 Å². The fourth-order valence-electron chi connectivity index (χ4n) is 2.88. The Bertz CT molecular complexity index is 612. The Kier molecular flexibility index (Phi) is 5.43. The number of allylic oxidation sites excluding steroid dienone is 2. The van der Waals surface area contributed by atoms with Crippen LogP contribution in [0.3, 0.4) is 0 Å². The van der Waals surface area contributed by atoms with Gasteiger partial charge in [0.25, 0.3) is 0 Å². The van der Waals surface area contributed by atoms with Crippen molar-refractivity contribution in [3.63, 3.8) is 0 Å². The second-order valence-electron chi connectivity index (χ2n) is 6.20. The predicted molar refractivity (Wildman–Crippen MR) is 93.8 cm³/mol. The predicted octanol–water partition coefficient (Wildman–Crippen LogP) is 4.62. The molecule has 0 N–H and O–H groups in total. The number of hydrogen-bond donors (Lipinski definition) is 0. The molecule has 23 heavy (non-hydrogen) atoms. The second-order valence-corrected chi connectivity index (χ2v) is 6.20. The third-order valence-corrected chi connectivity index (χ3v) is 4.48. The number of nitrogens with zero attached hydrogens (tertiary/aromatic N) is 2. The van der Waals surface area contributed by atoms with E-state index in [1.54, 1.807) is 0 Å². The molecule has 2 atom stereocenters. The Balaban J connectivity index is 1.69. The molecular weight excluding hydrogens is 284 g/mol. The Hall–Kier alpha value is -2.13. The van der Waals surface area contributed by atoms with Gasteiger partial charge in [0.15, 0.2) is 0 Å². The van der Waals surface area contributed by atoms with Gasteiger partial charge < -0.3 is 0 Å². The molecule has 120 valence electrons. The number of hydrogen-bond acceptors (Lipinski definition) is 3. The van der Waals surface area contributed by atoms with Gasteiger partial charge in [-0.2, -0.15) is 0 Å². The number of benzene rings is 1. The summed E-state index contributed by atoms with van der Waals surface area (Å²) in [4.78, 5) is 10.3. The highest BCUT2D eigenvalue weighted by Gasteiger charge is 2.20. The molecule has 0 aliphatic heterocycles. The molecule has 0 bridgehead atoms. The summed E-state index contributed by atoms with van der Waals surface area (Å²) in [6.45, 7) is 3.79. The smallest absolute Gasteiger partial charge is 0.0782 e. The van der Waals surface area contributed by atoms with Crippen molar-refractivity contribution >= 4 is 5.69 Å². The van der Waals surface area contributed by atoms with Gasteiger partial charge in [0.05, 0.1) is 18.8 Å². The molecule has 3 rings (SSSR count). The van der Waals surface area contributed by atoms with Gasteiger partial charge in [-0.3, -0.25) is 9.82 Å². The summed E-state index contributed by atoms with van der Waals surface area (Å²) in [6.07, 6.45) is 10.5. The van der Waals surface area contributed by atoms with E-state index < -0.39 is 0 Å². The van der Waals surface area contributed by atoms with E-state index in [1.165, 1.54) is 5.56 Å². The van der Waals surface area contributed by atoms with Crippen LogP contribution in [0.4, 0.5) is 5.69 Å². The molecule has 0 amide bonds. The van der Waals surface area contributed by atoms with E-state index >= 15 is 0 Å². The molecule has 1 aliphatic rings. The van der Waals surface area contributed by atoms with Crippen LogP contribution in [0.5, 0.6) is 0 Å². The van der Waals surface area contributed by atoms with Crippen molar-refractivity contribution in [3.05, 3.63) is 72.6 Å². The Morgan fingerprint density at radius 2 is 1.78 bits per heavy atom. The van der Waals surface area contributed by atoms with Gasteiger partial charge in [-0.25, -0.2) is 5.06 Å². The van der Waals surface area contributed by atoms with Gasteiger partial charge in [0.2, 0.25) is 0 Å². The van der Waals surface area contributed by atoms with Crippen molar-refractivity contribution in [2.24, 2.45) is 11.8 Å². The molecule has 1 aliphatic carbocycles. The number of pyridine rings is 1. The van der Waals surface area contributed by atoms with E-state index in [0.717, 1.165) is 31.7 Å². The van der Waals surface area contributed by atoms with E-state index in [0.29, 0.717) is 11.8 Å². The minimum absolute atomic E-state index is 0.587. The summed E-state index contributed by atoms with van der Waals surface area (Å²) in [7, 11) is 0. The van der Waals surface area contributed by atoms with Crippen LogP contribution in [0.1, 0.15) is 25.3 Å². The fourth-order valence-corrected chi connectivity index (χ4v) is 2.88. The van der Waals surface area contributed by atoms with Gasteiger partial charge in [0, 0.05) is 12.4 Å². The lowest BCUT2D eigenvalue weighted by Crippen LogP contribution is -2.29. The molecule has 3 nitrogen and oxygen atoms in total. The Morgan fingerprint density at radius 3 is 2.52 bits per heavy atom. The average Bonchev–Trinajstić information content (AvgIpc) is 2.61. The maximum absolute atomic E-state index is 6.22. The molecule has 0 saturated carbocycles. The van der Waals surface area contributed by atoms with Gasteiger partial charge in [0.1, 0.15) is 0 Å². The first-order valence-electron chi connectivity index (χ1n) is 8.32. The van der Waals surface area contributed by atoms with E-state index in [2.05, 4.69) is 36.2 Å². The van der Waals surface area contributed by atoms with Crippen LogP contribution in [-0.2, 0) is 11.4 Å². The highest BCUT2D eigenvalue weighted by Crippen LogP contribution is 2.26. The average molecular weight is 308 g/mol. The summed E-state index contributed by atoms with van der Waals surface area (Å²) >= 11 is 0. The van der Waals surface area contributed by atoms with Crippen LogP contribution < -0.4 is 5.06 Å². The van der Waals surface area contributed by atoms with Crippen LogP contribution in [0.15, 0.2) is 67.0 Å². The Labute approximate surface area is 138 Å². The summed E-state index contributed by atoms with van der Waals surface area (Å²) in [5.41, 5.74) is 2.28. The van der Waals surface area contributed by atoms with E-state index in [4.69, 9.17) is 4.84 Å². The largest absolute Gasteiger partial charge is 0.273 e. The minimum Gasteiger partial charge on any atom is -0.273 e. The lowest BCUT2D eigenvalue weighted by atomic mass is 9.85. The van der Waals surface area contributed by atoms with Gasteiger partial charge in [-0.05, 0) is 54.5 Å². The topological polar surface area (TPSA) is 25.4 Å². The zero-order valence-corrected chi connectivity index (χ0v) is 13.6. The maximum Gasteiger partial charge on any atom is 0.0782 e. The standard InChI is InChI=1S/C20H24N2O/c1-17-7-5-6-8-19(17)16-23-22(20-9-3-2-4-10-20)15-18-11-13-21-14-12-18/h2-6,9-14,17,19H,7-8,15-16H2,1H3. The number of aromatic nitrogens is 1. The van der Waals surface area contributed by atoms with Crippen molar-refractivity contribution in [1.29, 1.82) is 0 Å². The lowest BCUT2D eigenvalue weighted by molar-refractivity contribution is 0.0566. The number of hydroxylamine groups is 1. The summed E-state index contributed by atoms with van der Waals surface area (Å²) < 4.78 is 0. The van der Waals surface area contributed by atoms with Crippen LogP contribution >= 0.6 is 0 Å². The maximum atomic E-state index is 6.22. The number of para-hydroxylation sites is 1. The van der Waals surface area contributed by atoms with Gasteiger partial charge >= 0.3 is 0 Å². The molecule has 2 aromatic rings. The first-order valence-corrected chi connectivity index (χ1v) is 8.32. The molecule has 0 spiro atoms. The highest BCUT2D eigenvalue weighted by atomic mass is 16.7. The summed E-state index contributed by atoms with van der Waals surface area (Å²) in [5.74, 6) is 1.27. The van der Waals surface area contributed by atoms with Crippen molar-refractivity contribution in [3.8, 4) is 0 Å². The van der Waals surface area contributed by atoms with Crippen LogP contribution in [0.2, 0.25) is 0 Å². The first-order chi connectivity index (χ1) is 11.3. The zero-order chi connectivity index (χ0) is 15.9. The SMILES string of the molecule is CC1CC=CCC1CON(Cc1ccncc1)c1ccccc1. The van der Waals surface area contributed by atoms with E-state index in [-0.39, 0.29) is 0 Å². The zero-order valence-electron chi connectivity index (χ0n) is 13.6. The quantitative estimate of drug-likeness (QED) is 0.575. The van der Waals surface area contributed by atoms with Gasteiger partial charge in [-0.1, -0.05) is 37.3 Å². The number of anilines is 1. The Morgan fingerprint density at radius 1 is 1.04 bits per heavy atom. The lowest BCUT2D eigenvalue weighted by Gasteiger charge is -2.30. The highest BCUT2D eigenvalue weighted by molar-refractivity contribution is 5.44. The molecule has 0 radical (unpaired) electrons. The normalized spacial score (nSPS) is 20.4. The minimum atomic E-state index is 0.587. The molecule has 1 aromatic heterocycles. The van der Waals surface area contributed by atoms with Crippen LogP contribution in [-0.4, -0.2) is 11.6 Å². The van der Waals surface area contributed by atoms with Crippen molar-refractivity contribution in [2.75, 3.05) is 11.7 Å². The monoisotopic (exact) mass is 308 g/mol. The molecule has 3 heteroatoms. The molecule has 1 aromatic carbocycles. The molecule has 0 saturated heterocycles. The third-order valence-electron chi connectivity index (χ3n) is 4.48. The third kappa shape index (κ3) is 4.42. The molecule has 1 heterocycles. The van der Waals surface area contributed by atoms with Crippen molar-refractivity contribution < 1.29 is 4.84 Å². The van der Waals surface area contributed by atoms with Crippen LogP contribution in [0.25, 0.3) is 0 Å². The molecule has 0 fully saturated rings. The second kappa shape index (κ2) is 7.93. The summed E-state index contributed by atoms with van der Waals surface area (Å²) in [5, 5.41) is 2.00. The van der Waals surface area contributed by atoms with Crippen molar-refractivity contribution in [1.82, 2.24) is 4.98 Å². The van der Waals surface area contributed by atoms with E-state index in [9.17, 15) is 0 Å². The molecular formula is C20H24N2O. The number of rotatable bonds is 6. The summed E-state index contributed by atoms with van der Waals surface area (Å²) in [6, 6.07) is 14.4. The van der Waals surface area contributed by atoms with Crippen molar-refractivity contribution in [2.45, 2.75) is 26.3 Å². The van der Waals surface area contributed by atoms with Gasteiger partial charge in [-0.15, -0.1) is 0 Å². The van der Waals surface area contributed by atoms with Crippen LogP contribution in [0, 0.1) is 11.8 Å². The first kappa shape index (κ1) is 15.8.